The predicted octanol–water partition coefficient (Wildman–Crippen LogP) is 1.92. The first-order valence-electron chi connectivity index (χ1n) is 5.33. The van der Waals surface area contributed by atoms with Crippen molar-refractivity contribution in [2.75, 3.05) is 14.1 Å². The van der Waals surface area contributed by atoms with Gasteiger partial charge in [-0.25, -0.2) is 0 Å². The van der Waals surface area contributed by atoms with Crippen LogP contribution in [0.2, 0.25) is 0 Å². The maximum absolute atomic E-state index is 11.2. The van der Waals surface area contributed by atoms with Gasteiger partial charge < -0.3 is 5.11 Å². The smallest absolute Gasteiger partial charge is 0.325 e. The van der Waals surface area contributed by atoms with Crippen molar-refractivity contribution >= 4 is 16.9 Å². The molecule has 0 fully saturated rings. The van der Waals surface area contributed by atoms with E-state index in [1.807, 2.05) is 30.3 Å². The van der Waals surface area contributed by atoms with Gasteiger partial charge >= 0.3 is 5.97 Å². The van der Waals surface area contributed by atoms with Crippen LogP contribution in [0.15, 0.2) is 36.5 Å². The lowest BCUT2D eigenvalue weighted by atomic mass is 10.1. The first-order chi connectivity index (χ1) is 8.09. The number of pyridine rings is 1. The van der Waals surface area contributed by atoms with Gasteiger partial charge in [0.2, 0.25) is 0 Å². The average molecular weight is 230 g/mol. The minimum Gasteiger partial charge on any atom is -0.480 e. The molecule has 1 heterocycles. The first-order valence-corrected chi connectivity index (χ1v) is 5.33. The van der Waals surface area contributed by atoms with E-state index in [0.29, 0.717) is 5.56 Å². The molecule has 0 saturated heterocycles. The molecule has 1 aromatic heterocycles. The molecule has 1 atom stereocenters. The molecule has 17 heavy (non-hydrogen) atoms. The third-order valence-electron chi connectivity index (χ3n) is 2.68. The largest absolute Gasteiger partial charge is 0.480 e. The van der Waals surface area contributed by atoms with Crippen LogP contribution in [0.5, 0.6) is 0 Å². The SMILES string of the molecule is CN(C)[C@@H](C(=O)O)c1cnc2ccccc2c1. The number of carboxylic acids is 1. The molecule has 0 aliphatic carbocycles. The molecule has 0 saturated carbocycles. The highest BCUT2D eigenvalue weighted by molar-refractivity contribution is 5.82. The Bertz CT molecular complexity index is 552. The van der Waals surface area contributed by atoms with E-state index < -0.39 is 12.0 Å². The molecule has 0 bridgehead atoms. The minimum absolute atomic E-state index is 0.660. The summed E-state index contributed by atoms with van der Waals surface area (Å²) in [6.07, 6.45) is 1.63. The molecule has 0 radical (unpaired) electrons. The van der Waals surface area contributed by atoms with Gasteiger partial charge in [-0.05, 0) is 31.8 Å². The van der Waals surface area contributed by atoms with Crippen molar-refractivity contribution in [3.63, 3.8) is 0 Å². The molecule has 2 rings (SSSR count). The molecule has 88 valence electrons. The van der Waals surface area contributed by atoms with Gasteiger partial charge in [0.25, 0.3) is 0 Å². The molecule has 0 amide bonds. The van der Waals surface area contributed by atoms with Gasteiger partial charge in [0, 0.05) is 11.6 Å². The Morgan fingerprint density at radius 2 is 2.06 bits per heavy atom. The zero-order chi connectivity index (χ0) is 12.4. The van der Waals surface area contributed by atoms with Gasteiger partial charge in [0.05, 0.1) is 5.52 Å². The summed E-state index contributed by atoms with van der Waals surface area (Å²) in [5.74, 6) is -0.868. The van der Waals surface area contributed by atoms with Crippen LogP contribution in [0.4, 0.5) is 0 Å². The molecule has 0 unspecified atom stereocenters. The van der Waals surface area contributed by atoms with E-state index in [0.717, 1.165) is 10.9 Å². The normalized spacial score (nSPS) is 12.9. The van der Waals surface area contributed by atoms with E-state index in [9.17, 15) is 9.90 Å². The van der Waals surface area contributed by atoms with Gasteiger partial charge in [-0.2, -0.15) is 0 Å². The summed E-state index contributed by atoms with van der Waals surface area (Å²) in [7, 11) is 3.49. The second-order valence-electron chi connectivity index (χ2n) is 4.17. The summed E-state index contributed by atoms with van der Waals surface area (Å²) < 4.78 is 0. The Morgan fingerprint density at radius 3 is 2.71 bits per heavy atom. The Kier molecular flexibility index (Phi) is 3.06. The first kappa shape index (κ1) is 11.5. The Hall–Kier alpha value is -1.94. The zero-order valence-electron chi connectivity index (χ0n) is 9.79. The lowest BCUT2D eigenvalue weighted by Gasteiger charge is -2.20. The summed E-state index contributed by atoms with van der Waals surface area (Å²) in [6.45, 7) is 0. The van der Waals surface area contributed by atoms with Crippen LogP contribution >= 0.6 is 0 Å². The maximum atomic E-state index is 11.2. The maximum Gasteiger partial charge on any atom is 0.325 e. The average Bonchev–Trinajstić information content (AvgIpc) is 2.28. The number of hydrogen-bond donors (Lipinski definition) is 1. The van der Waals surface area contributed by atoms with Gasteiger partial charge in [-0.1, -0.05) is 18.2 Å². The van der Waals surface area contributed by atoms with Crippen LogP contribution in [0.3, 0.4) is 0 Å². The number of benzene rings is 1. The van der Waals surface area contributed by atoms with Crippen LogP contribution < -0.4 is 0 Å². The molecular formula is C13H14N2O2. The number of rotatable bonds is 3. The highest BCUT2D eigenvalue weighted by atomic mass is 16.4. The fourth-order valence-electron chi connectivity index (χ4n) is 1.90. The number of hydrogen-bond acceptors (Lipinski definition) is 3. The summed E-state index contributed by atoms with van der Waals surface area (Å²) >= 11 is 0. The van der Waals surface area contributed by atoms with E-state index in [1.54, 1.807) is 25.2 Å². The van der Waals surface area contributed by atoms with Crippen LogP contribution in [0, 0.1) is 0 Å². The molecule has 2 aromatic rings. The molecule has 0 aliphatic rings. The molecule has 4 heteroatoms. The van der Waals surface area contributed by atoms with Crippen LogP contribution in [-0.2, 0) is 4.79 Å². The third kappa shape index (κ3) is 2.26. The zero-order valence-corrected chi connectivity index (χ0v) is 9.79. The number of carboxylic acid groups (broad SMARTS) is 1. The molecule has 1 aromatic carbocycles. The fraction of sp³-hybridized carbons (Fsp3) is 0.231. The summed E-state index contributed by atoms with van der Waals surface area (Å²) in [6, 6.07) is 8.88. The van der Waals surface area contributed by atoms with Crippen molar-refractivity contribution in [3.05, 3.63) is 42.1 Å². The van der Waals surface area contributed by atoms with Crippen LogP contribution in [0.1, 0.15) is 11.6 Å². The molecule has 0 spiro atoms. The van der Waals surface area contributed by atoms with Crippen LogP contribution in [0.25, 0.3) is 10.9 Å². The van der Waals surface area contributed by atoms with Crippen molar-refractivity contribution in [1.29, 1.82) is 0 Å². The molecule has 4 nitrogen and oxygen atoms in total. The predicted molar refractivity (Wildman–Crippen MR) is 65.8 cm³/mol. The highest BCUT2D eigenvalue weighted by Gasteiger charge is 2.22. The lowest BCUT2D eigenvalue weighted by Crippen LogP contribution is -2.27. The Labute approximate surface area is 99.5 Å². The van der Waals surface area contributed by atoms with Crippen molar-refractivity contribution in [1.82, 2.24) is 9.88 Å². The third-order valence-corrected chi connectivity index (χ3v) is 2.68. The number of nitrogens with zero attached hydrogens (tertiary/aromatic N) is 2. The fourth-order valence-corrected chi connectivity index (χ4v) is 1.90. The number of aliphatic carboxylic acids is 1. The van der Waals surface area contributed by atoms with E-state index in [1.165, 1.54) is 0 Å². The quantitative estimate of drug-likeness (QED) is 0.875. The lowest BCUT2D eigenvalue weighted by molar-refractivity contribution is -0.142. The molecule has 1 N–H and O–H groups in total. The summed E-state index contributed by atoms with van der Waals surface area (Å²) in [5, 5.41) is 10.2. The van der Waals surface area contributed by atoms with E-state index in [2.05, 4.69) is 4.98 Å². The van der Waals surface area contributed by atoms with Gasteiger partial charge in [0.15, 0.2) is 0 Å². The van der Waals surface area contributed by atoms with Crippen molar-refractivity contribution in [2.24, 2.45) is 0 Å². The Morgan fingerprint density at radius 1 is 1.35 bits per heavy atom. The standard InChI is InChI=1S/C13H14N2O2/c1-15(2)12(13(16)17)10-7-9-5-3-4-6-11(9)14-8-10/h3-8,12H,1-2H3,(H,16,17)/t12-/m1/s1. The van der Waals surface area contributed by atoms with Crippen molar-refractivity contribution in [3.8, 4) is 0 Å². The number of para-hydroxylation sites is 1. The summed E-state index contributed by atoms with van der Waals surface area (Å²) in [4.78, 5) is 17.1. The monoisotopic (exact) mass is 230 g/mol. The summed E-state index contributed by atoms with van der Waals surface area (Å²) in [5.41, 5.74) is 1.57. The number of fused-ring (bicyclic) bond motifs is 1. The second-order valence-corrected chi connectivity index (χ2v) is 4.17. The Balaban J connectivity index is 2.51. The van der Waals surface area contributed by atoms with Gasteiger partial charge in [-0.3, -0.25) is 14.7 Å². The van der Waals surface area contributed by atoms with Gasteiger partial charge in [0.1, 0.15) is 6.04 Å². The van der Waals surface area contributed by atoms with Crippen molar-refractivity contribution in [2.45, 2.75) is 6.04 Å². The topological polar surface area (TPSA) is 53.4 Å². The molecular weight excluding hydrogens is 216 g/mol. The van der Waals surface area contributed by atoms with Crippen molar-refractivity contribution < 1.29 is 9.90 Å². The molecule has 0 aliphatic heterocycles. The van der Waals surface area contributed by atoms with Crippen LogP contribution in [-0.4, -0.2) is 35.1 Å². The minimum atomic E-state index is -0.868. The number of aromatic nitrogens is 1. The number of likely N-dealkylation sites (N-methyl/N-ethyl adjacent to an activating group) is 1. The van der Waals surface area contributed by atoms with Gasteiger partial charge in [-0.15, -0.1) is 0 Å². The van der Waals surface area contributed by atoms with E-state index >= 15 is 0 Å². The van der Waals surface area contributed by atoms with E-state index in [-0.39, 0.29) is 0 Å². The second kappa shape index (κ2) is 4.51. The number of carbonyl (C=O) groups is 1. The highest BCUT2D eigenvalue weighted by Crippen LogP contribution is 2.21. The van der Waals surface area contributed by atoms with E-state index in [4.69, 9.17) is 0 Å².